The Morgan fingerprint density at radius 2 is 1.70 bits per heavy atom. The van der Waals surface area contributed by atoms with Crippen LogP contribution in [-0.4, -0.2) is 37.0 Å². The molecule has 0 radical (unpaired) electrons. The molecule has 0 spiro atoms. The highest BCUT2D eigenvalue weighted by Gasteiger charge is 2.26. The van der Waals surface area contributed by atoms with E-state index >= 15 is 0 Å². The molecule has 0 saturated carbocycles. The van der Waals surface area contributed by atoms with Crippen LogP contribution in [0.2, 0.25) is 0 Å². The van der Waals surface area contributed by atoms with Gasteiger partial charge in [-0.2, -0.15) is 0 Å². The average Bonchev–Trinajstić information content (AvgIpc) is 2.81. The summed E-state index contributed by atoms with van der Waals surface area (Å²) in [4.78, 5) is 2.45. The SMILES string of the molecule is COc1ccc(-c2cn(C)c(N3CC(C)OC(C)C3)c2C)cc1. The Hall–Kier alpha value is -1.94. The van der Waals surface area contributed by atoms with Gasteiger partial charge in [0.05, 0.1) is 19.3 Å². The minimum Gasteiger partial charge on any atom is -0.497 e. The quantitative estimate of drug-likeness (QED) is 0.865. The highest BCUT2D eigenvalue weighted by atomic mass is 16.5. The summed E-state index contributed by atoms with van der Waals surface area (Å²) in [5.74, 6) is 2.18. The molecule has 0 N–H and O–H groups in total. The van der Waals surface area contributed by atoms with Crippen LogP contribution in [0, 0.1) is 6.92 Å². The fourth-order valence-electron chi connectivity index (χ4n) is 3.61. The molecule has 1 aromatic carbocycles. The van der Waals surface area contributed by atoms with Crippen LogP contribution < -0.4 is 9.64 Å². The fourth-order valence-corrected chi connectivity index (χ4v) is 3.61. The van der Waals surface area contributed by atoms with Crippen molar-refractivity contribution in [1.29, 1.82) is 0 Å². The molecule has 3 rings (SSSR count). The van der Waals surface area contributed by atoms with Crippen molar-refractivity contribution in [3.8, 4) is 16.9 Å². The number of anilines is 1. The number of benzene rings is 1. The Bertz CT molecular complexity index is 665. The third kappa shape index (κ3) is 3.08. The zero-order chi connectivity index (χ0) is 16.6. The summed E-state index contributed by atoms with van der Waals surface area (Å²) in [7, 11) is 3.82. The molecular weight excluding hydrogens is 288 g/mol. The summed E-state index contributed by atoms with van der Waals surface area (Å²) < 4.78 is 13.4. The summed E-state index contributed by atoms with van der Waals surface area (Å²) in [6, 6.07) is 8.27. The van der Waals surface area contributed by atoms with Crippen LogP contribution in [0.15, 0.2) is 30.5 Å². The van der Waals surface area contributed by atoms with Gasteiger partial charge in [0.1, 0.15) is 11.6 Å². The first-order chi connectivity index (χ1) is 11.0. The molecule has 124 valence electrons. The smallest absolute Gasteiger partial charge is 0.118 e. The van der Waals surface area contributed by atoms with Crippen molar-refractivity contribution in [2.24, 2.45) is 7.05 Å². The number of aryl methyl sites for hydroxylation is 1. The molecule has 2 aromatic rings. The van der Waals surface area contributed by atoms with E-state index in [0.29, 0.717) is 0 Å². The predicted octanol–water partition coefficient (Wildman–Crippen LogP) is 3.62. The number of hydrogen-bond acceptors (Lipinski definition) is 3. The van der Waals surface area contributed by atoms with E-state index in [2.05, 4.69) is 55.6 Å². The summed E-state index contributed by atoms with van der Waals surface area (Å²) in [6.07, 6.45) is 2.74. The van der Waals surface area contributed by atoms with Crippen LogP contribution in [0.4, 0.5) is 5.82 Å². The Labute approximate surface area is 138 Å². The lowest BCUT2D eigenvalue weighted by Crippen LogP contribution is -2.46. The summed E-state index contributed by atoms with van der Waals surface area (Å²) in [5, 5.41) is 0. The maximum absolute atomic E-state index is 5.87. The van der Waals surface area contributed by atoms with Gasteiger partial charge in [0.15, 0.2) is 0 Å². The normalized spacial score (nSPS) is 21.5. The van der Waals surface area contributed by atoms with Crippen molar-refractivity contribution >= 4 is 5.82 Å². The maximum Gasteiger partial charge on any atom is 0.118 e. The first-order valence-electron chi connectivity index (χ1n) is 8.20. The molecule has 1 aliphatic rings. The van der Waals surface area contributed by atoms with Crippen molar-refractivity contribution in [3.63, 3.8) is 0 Å². The highest BCUT2D eigenvalue weighted by molar-refractivity contribution is 5.74. The zero-order valence-electron chi connectivity index (χ0n) is 14.7. The van der Waals surface area contributed by atoms with Crippen molar-refractivity contribution < 1.29 is 9.47 Å². The van der Waals surface area contributed by atoms with Crippen molar-refractivity contribution in [2.45, 2.75) is 33.0 Å². The number of rotatable bonds is 3. The molecule has 1 aliphatic heterocycles. The van der Waals surface area contributed by atoms with Gasteiger partial charge in [0, 0.05) is 31.9 Å². The Morgan fingerprint density at radius 1 is 1.09 bits per heavy atom. The molecule has 2 atom stereocenters. The first-order valence-corrected chi connectivity index (χ1v) is 8.20. The molecule has 0 aliphatic carbocycles. The fraction of sp³-hybridized carbons (Fsp3) is 0.474. The molecule has 2 heterocycles. The second-order valence-electron chi connectivity index (χ2n) is 6.49. The number of ether oxygens (including phenoxy) is 2. The lowest BCUT2D eigenvalue weighted by Gasteiger charge is -2.37. The lowest BCUT2D eigenvalue weighted by molar-refractivity contribution is -0.00562. The van der Waals surface area contributed by atoms with E-state index in [0.717, 1.165) is 18.8 Å². The minimum atomic E-state index is 0.262. The number of methoxy groups -OCH3 is 1. The van der Waals surface area contributed by atoms with Gasteiger partial charge in [-0.05, 0) is 44.0 Å². The maximum atomic E-state index is 5.87. The predicted molar refractivity (Wildman–Crippen MR) is 94.4 cm³/mol. The number of morpholine rings is 1. The molecule has 1 saturated heterocycles. The number of nitrogens with zero attached hydrogens (tertiary/aromatic N) is 2. The molecule has 0 bridgehead atoms. The zero-order valence-corrected chi connectivity index (χ0v) is 14.7. The van der Waals surface area contributed by atoms with E-state index in [9.17, 15) is 0 Å². The van der Waals surface area contributed by atoms with Gasteiger partial charge in [-0.1, -0.05) is 12.1 Å². The third-order valence-corrected chi connectivity index (χ3v) is 4.52. The summed E-state index contributed by atoms with van der Waals surface area (Å²) >= 11 is 0. The Morgan fingerprint density at radius 3 is 2.26 bits per heavy atom. The van der Waals surface area contributed by atoms with Crippen molar-refractivity contribution in [3.05, 3.63) is 36.0 Å². The monoisotopic (exact) mass is 314 g/mol. The first kappa shape index (κ1) is 15.9. The van der Waals surface area contributed by atoms with E-state index in [4.69, 9.17) is 9.47 Å². The summed E-state index contributed by atoms with van der Waals surface area (Å²) in [6.45, 7) is 8.37. The van der Waals surface area contributed by atoms with E-state index < -0.39 is 0 Å². The van der Waals surface area contributed by atoms with Crippen LogP contribution in [-0.2, 0) is 11.8 Å². The second-order valence-corrected chi connectivity index (χ2v) is 6.49. The molecule has 4 nitrogen and oxygen atoms in total. The van der Waals surface area contributed by atoms with Gasteiger partial charge < -0.3 is 18.9 Å². The van der Waals surface area contributed by atoms with Crippen LogP contribution in [0.5, 0.6) is 5.75 Å². The van der Waals surface area contributed by atoms with Gasteiger partial charge in [0.2, 0.25) is 0 Å². The van der Waals surface area contributed by atoms with Crippen LogP contribution in [0.3, 0.4) is 0 Å². The van der Waals surface area contributed by atoms with Crippen molar-refractivity contribution in [1.82, 2.24) is 4.57 Å². The standard InChI is InChI=1S/C19H26N2O2/c1-13-10-21(11-14(2)23-13)19-15(3)18(12-20(19)4)16-6-8-17(22-5)9-7-16/h6-9,12-14H,10-11H2,1-5H3. The number of hydrogen-bond donors (Lipinski definition) is 0. The number of aromatic nitrogens is 1. The van der Waals surface area contributed by atoms with Gasteiger partial charge in [-0.3, -0.25) is 0 Å². The lowest BCUT2D eigenvalue weighted by atomic mass is 10.0. The Balaban J connectivity index is 1.95. The highest BCUT2D eigenvalue weighted by Crippen LogP contribution is 2.34. The van der Waals surface area contributed by atoms with Gasteiger partial charge in [-0.25, -0.2) is 0 Å². The van der Waals surface area contributed by atoms with Crippen LogP contribution in [0.25, 0.3) is 11.1 Å². The molecule has 1 aromatic heterocycles. The van der Waals surface area contributed by atoms with E-state index in [1.807, 2.05) is 12.1 Å². The Kier molecular flexibility index (Phi) is 4.35. The largest absolute Gasteiger partial charge is 0.497 e. The molecule has 4 heteroatoms. The van der Waals surface area contributed by atoms with Gasteiger partial charge in [-0.15, -0.1) is 0 Å². The molecule has 1 fully saturated rings. The topological polar surface area (TPSA) is 26.6 Å². The second kappa shape index (κ2) is 6.28. The summed E-state index contributed by atoms with van der Waals surface area (Å²) in [5.41, 5.74) is 3.82. The molecular formula is C19H26N2O2. The van der Waals surface area contributed by atoms with E-state index in [1.54, 1.807) is 7.11 Å². The third-order valence-electron chi connectivity index (χ3n) is 4.52. The van der Waals surface area contributed by atoms with Crippen LogP contribution >= 0.6 is 0 Å². The van der Waals surface area contributed by atoms with Gasteiger partial charge in [0.25, 0.3) is 0 Å². The van der Waals surface area contributed by atoms with E-state index in [-0.39, 0.29) is 12.2 Å². The molecule has 23 heavy (non-hydrogen) atoms. The average molecular weight is 314 g/mol. The van der Waals surface area contributed by atoms with Crippen molar-refractivity contribution in [2.75, 3.05) is 25.1 Å². The van der Waals surface area contributed by atoms with Crippen LogP contribution in [0.1, 0.15) is 19.4 Å². The molecule has 0 amide bonds. The van der Waals surface area contributed by atoms with Gasteiger partial charge >= 0.3 is 0 Å². The minimum absolute atomic E-state index is 0.262. The van der Waals surface area contributed by atoms with E-state index in [1.165, 1.54) is 22.5 Å². The molecule has 2 unspecified atom stereocenters.